The van der Waals surface area contributed by atoms with Gasteiger partial charge in [-0.2, -0.15) is 5.26 Å². The number of aromatic carboxylic acids is 1. The quantitative estimate of drug-likeness (QED) is 0.406. The van der Waals surface area contributed by atoms with Crippen LogP contribution in [0.25, 0.3) is 11.8 Å². The van der Waals surface area contributed by atoms with Gasteiger partial charge < -0.3 is 15.0 Å². The zero-order valence-electron chi connectivity index (χ0n) is 16.3. The number of halogens is 1. The molecule has 0 aliphatic carbocycles. The van der Waals surface area contributed by atoms with E-state index >= 15 is 0 Å². The molecule has 2 aromatic carbocycles. The molecule has 0 atom stereocenters. The molecule has 3 rings (SSSR count). The summed E-state index contributed by atoms with van der Waals surface area (Å²) >= 11 is 3.34. The van der Waals surface area contributed by atoms with E-state index in [2.05, 4.69) is 21.2 Å². The van der Waals surface area contributed by atoms with Crippen molar-refractivity contribution in [2.45, 2.75) is 13.8 Å². The fourth-order valence-corrected chi connectivity index (χ4v) is 3.41. The first-order valence-corrected chi connectivity index (χ1v) is 9.81. The highest BCUT2D eigenvalue weighted by molar-refractivity contribution is 9.10. The predicted octanol–water partition coefficient (Wildman–Crippen LogP) is 5.10. The molecular formula is C23H18BrN3O3. The van der Waals surface area contributed by atoms with Gasteiger partial charge in [0.05, 0.1) is 5.56 Å². The Bertz CT molecular complexity index is 1200. The predicted molar refractivity (Wildman–Crippen MR) is 119 cm³/mol. The molecule has 0 spiro atoms. The van der Waals surface area contributed by atoms with Gasteiger partial charge in [0.1, 0.15) is 11.6 Å². The largest absolute Gasteiger partial charge is 0.478 e. The van der Waals surface area contributed by atoms with Crippen LogP contribution in [0.2, 0.25) is 0 Å². The molecule has 6 nitrogen and oxygen atoms in total. The average Bonchev–Trinajstić information content (AvgIpc) is 3.00. The van der Waals surface area contributed by atoms with Gasteiger partial charge in [0, 0.05) is 27.2 Å². The Balaban J connectivity index is 1.94. The van der Waals surface area contributed by atoms with E-state index in [0.717, 1.165) is 15.9 Å². The van der Waals surface area contributed by atoms with Crippen LogP contribution in [0, 0.1) is 25.2 Å². The summed E-state index contributed by atoms with van der Waals surface area (Å²) in [5.74, 6) is -1.51. The lowest BCUT2D eigenvalue weighted by Crippen LogP contribution is -2.13. The summed E-state index contributed by atoms with van der Waals surface area (Å²) < 4.78 is 2.77. The molecule has 30 heavy (non-hydrogen) atoms. The molecule has 1 aromatic heterocycles. The van der Waals surface area contributed by atoms with Gasteiger partial charge in [0.15, 0.2) is 0 Å². The maximum Gasteiger partial charge on any atom is 0.335 e. The molecule has 150 valence electrons. The van der Waals surface area contributed by atoms with Crippen molar-refractivity contribution in [3.8, 4) is 11.8 Å². The number of benzene rings is 2. The molecular weight excluding hydrogens is 446 g/mol. The second kappa shape index (κ2) is 8.80. The number of aryl methyl sites for hydroxylation is 1. The topological polar surface area (TPSA) is 95.1 Å². The van der Waals surface area contributed by atoms with Crippen molar-refractivity contribution < 1.29 is 14.7 Å². The van der Waals surface area contributed by atoms with Crippen LogP contribution < -0.4 is 5.32 Å². The van der Waals surface area contributed by atoms with Gasteiger partial charge in [-0.1, -0.05) is 22.0 Å². The van der Waals surface area contributed by atoms with E-state index in [1.807, 2.05) is 36.6 Å². The van der Waals surface area contributed by atoms with Crippen LogP contribution in [0.5, 0.6) is 0 Å². The second-order valence-corrected chi connectivity index (χ2v) is 7.56. The van der Waals surface area contributed by atoms with Crippen molar-refractivity contribution in [2.75, 3.05) is 5.32 Å². The molecule has 1 heterocycles. The lowest BCUT2D eigenvalue weighted by atomic mass is 10.1. The number of rotatable bonds is 5. The maximum atomic E-state index is 12.5. The summed E-state index contributed by atoms with van der Waals surface area (Å²) in [7, 11) is 0. The van der Waals surface area contributed by atoms with Gasteiger partial charge in [-0.25, -0.2) is 4.79 Å². The second-order valence-electron chi connectivity index (χ2n) is 6.65. The number of nitriles is 1. The third-order valence-electron chi connectivity index (χ3n) is 4.59. The molecule has 0 aliphatic heterocycles. The summed E-state index contributed by atoms with van der Waals surface area (Å²) in [6, 6.07) is 17.5. The number of nitrogens with one attached hydrogen (secondary N) is 1. The van der Waals surface area contributed by atoms with E-state index in [9.17, 15) is 20.0 Å². The minimum atomic E-state index is -1.00. The van der Waals surface area contributed by atoms with Crippen LogP contribution in [0.3, 0.4) is 0 Å². The van der Waals surface area contributed by atoms with Crippen LogP contribution in [-0.4, -0.2) is 21.6 Å². The molecule has 2 N–H and O–H groups in total. The molecule has 0 radical (unpaired) electrons. The van der Waals surface area contributed by atoms with Crippen molar-refractivity contribution in [2.24, 2.45) is 0 Å². The lowest BCUT2D eigenvalue weighted by Gasteiger charge is -2.10. The summed E-state index contributed by atoms with van der Waals surface area (Å²) in [6.45, 7) is 3.74. The van der Waals surface area contributed by atoms with Gasteiger partial charge in [0.25, 0.3) is 5.91 Å². The fourth-order valence-electron chi connectivity index (χ4n) is 3.14. The van der Waals surface area contributed by atoms with Gasteiger partial charge in [-0.3, -0.25) is 4.79 Å². The van der Waals surface area contributed by atoms with E-state index in [1.165, 1.54) is 12.1 Å². The zero-order valence-corrected chi connectivity index (χ0v) is 17.9. The monoisotopic (exact) mass is 463 g/mol. The fraction of sp³-hybridized carbons (Fsp3) is 0.0870. The van der Waals surface area contributed by atoms with Gasteiger partial charge in [0.2, 0.25) is 0 Å². The number of aromatic nitrogens is 1. The summed E-state index contributed by atoms with van der Waals surface area (Å²) in [5.41, 5.74) is 3.78. The van der Waals surface area contributed by atoms with Crippen molar-refractivity contribution in [1.82, 2.24) is 4.57 Å². The van der Waals surface area contributed by atoms with E-state index in [0.29, 0.717) is 16.9 Å². The number of anilines is 1. The molecule has 0 unspecified atom stereocenters. The van der Waals surface area contributed by atoms with Crippen LogP contribution in [0.4, 0.5) is 5.69 Å². The van der Waals surface area contributed by atoms with Crippen LogP contribution in [0.15, 0.2) is 64.6 Å². The third kappa shape index (κ3) is 4.50. The number of carboxylic acid groups (broad SMARTS) is 1. The minimum absolute atomic E-state index is 0.0301. The highest BCUT2D eigenvalue weighted by Gasteiger charge is 2.15. The Labute approximate surface area is 182 Å². The van der Waals surface area contributed by atoms with Crippen molar-refractivity contribution in [1.29, 1.82) is 5.26 Å². The van der Waals surface area contributed by atoms with Crippen LogP contribution in [-0.2, 0) is 4.79 Å². The Morgan fingerprint density at radius 3 is 2.47 bits per heavy atom. The molecule has 0 fully saturated rings. The van der Waals surface area contributed by atoms with Crippen molar-refractivity contribution in [3.05, 3.63) is 87.2 Å². The molecule has 3 aromatic rings. The van der Waals surface area contributed by atoms with Crippen molar-refractivity contribution >= 4 is 39.6 Å². The standard InChI is InChI=1S/C23H18BrN3O3/c1-14-10-17(15(2)27(14)21-5-3-4-16(12-21)23(29)30)11-18(13-25)22(28)26-20-8-6-19(24)7-9-20/h3-12H,1-2H3,(H,26,28)(H,29,30). The molecule has 0 saturated heterocycles. The molecule has 7 heteroatoms. The Morgan fingerprint density at radius 2 is 1.83 bits per heavy atom. The summed E-state index contributed by atoms with van der Waals surface area (Å²) in [4.78, 5) is 23.8. The number of carboxylic acids is 1. The highest BCUT2D eigenvalue weighted by Crippen LogP contribution is 2.24. The van der Waals surface area contributed by atoms with Gasteiger partial charge >= 0.3 is 5.97 Å². The van der Waals surface area contributed by atoms with Crippen LogP contribution >= 0.6 is 15.9 Å². The average molecular weight is 464 g/mol. The van der Waals surface area contributed by atoms with E-state index in [-0.39, 0.29) is 11.1 Å². The number of carbonyl (C=O) groups excluding carboxylic acids is 1. The number of carbonyl (C=O) groups is 2. The lowest BCUT2D eigenvalue weighted by molar-refractivity contribution is -0.112. The smallest absolute Gasteiger partial charge is 0.335 e. The molecule has 0 saturated carbocycles. The first-order chi connectivity index (χ1) is 14.3. The Hall–Kier alpha value is -3.63. The van der Waals surface area contributed by atoms with E-state index < -0.39 is 11.9 Å². The van der Waals surface area contributed by atoms with E-state index in [1.54, 1.807) is 36.4 Å². The first-order valence-electron chi connectivity index (χ1n) is 9.01. The summed E-state index contributed by atoms with van der Waals surface area (Å²) in [6.07, 6.45) is 1.54. The maximum absolute atomic E-state index is 12.5. The van der Waals surface area contributed by atoms with Crippen LogP contribution in [0.1, 0.15) is 27.3 Å². The Morgan fingerprint density at radius 1 is 1.13 bits per heavy atom. The SMILES string of the molecule is Cc1cc(C=C(C#N)C(=O)Nc2ccc(Br)cc2)c(C)n1-c1cccc(C(=O)O)c1. The molecule has 1 amide bonds. The normalized spacial score (nSPS) is 11.1. The number of nitrogens with zero attached hydrogens (tertiary/aromatic N) is 2. The molecule has 0 aliphatic rings. The zero-order chi connectivity index (χ0) is 21.8. The number of hydrogen-bond acceptors (Lipinski definition) is 3. The first kappa shape index (κ1) is 21.1. The summed E-state index contributed by atoms with van der Waals surface area (Å²) in [5, 5.41) is 21.5. The van der Waals surface area contributed by atoms with E-state index in [4.69, 9.17) is 0 Å². The van der Waals surface area contributed by atoms with Crippen molar-refractivity contribution in [3.63, 3.8) is 0 Å². The van der Waals surface area contributed by atoms with Gasteiger partial charge in [-0.15, -0.1) is 0 Å². The Kier molecular flexibility index (Phi) is 6.19. The molecule has 0 bridgehead atoms. The minimum Gasteiger partial charge on any atom is -0.478 e. The number of hydrogen-bond donors (Lipinski definition) is 2. The highest BCUT2D eigenvalue weighted by atomic mass is 79.9. The third-order valence-corrected chi connectivity index (χ3v) is 5.12. The number of amides is 1. The van der Waals surface area contributed by atoms with Gasteiger partial charge in [-0.05, 0) is 74.0 Å².